The first-order chi connectivity index (χ1) is 17.5. The van der Waals surface area contributed by atoms with Gasteiger partial charge in [-0.1, -0.05) is 0 Å². The molecule has 0 aromatic heterocycles. The summed E-state index contributed by atoms with van der Waals surface area (Å²) in [5.41, 5.74) is 21.4. The summed E-state index contributed by atoms with van der Waals surface area (Å²) in [7, 11) is 0. The Labute approximate surface area is 216 Å². The highest BCUT2D eigenvalue weighted by Crippen LogP contribution is 2.20. The predicted octanol–water partition coefficient (Wildman–Crippen LogP) is -3.32. The van der Waals surface area contributed by atoms with Crippen molar-refractivity contribution in [3.63, 3.8) is 0 Å². The number of carboxylic acid groups (broad SMARTS) is 1. The Bertz CT molecular complexity index is 833. The highest BCUT2D eigenvalue weighted by atomic mass is 16.4. The third-order valence-electron chi connectivity index (χ3n) is 5.92. The molecule has 0 aromatic carbocycles. The second kappa shape index (κ2) is 16.3. The van der Waals surface area contributed by atoms with E-state index in [1.807, 2.05) is 0 Å². The average Bonchev–Trinajstić information content (AvgIpc) is 3.34. The van der Waals surface area contributed by atoms with Crippen LogP contribution in [0, 0.1) is 0 Å². The number of carbonyl (C=O) groups is 5. The van der Waals surface area contributed by atoms with Gasteiger partial charge in [0.2, 0.25) is 23.6 Å². The normalized spacial score (nSPS) is 17.3. The van der Waals surface area contributed by atoms with E-state index in [0.717, 1.165) is 0 Å². The summed E-state index contributed by atoms with van der Waals surface area (Å²) in [6.45, 7) is 2.09. The smallest absolute Gasteiger partial charge is 0.326 e. The molecule has 0 aliphatic carbocycles. The van der Waals surface area contributed by atoms with Crippen molar-refractivity contribution in [2.24, 2.45) is 27.9 Å². The number of aliphatic carboxylic acids is 1. The van der Waals surface area contributed by atoms with Crippen molar-refractivity contribution in [2.75, 3.05) is 26.2 Å². The molecular weight excluding hydrogens is 486 g/mol. The summed E-state index contributed by atoms with van der Waals surface area (Å²) in [5.74, 6) is -3.45. The van der Waals surface area contributed by atoms with Gasteiger partial charge >= 0.3 is 5.97 Å². The number of aliphatic imine (C=N–C) groups is 1. The molecule has 15 nitrogen and oxygen atoms in total. The Morgan fingerprint density at radius 1 is 1.00 bits per heavy atom. The van der Waals surface area contributed by atoms with Gasteiger partial charge in [0.05, 0.1) is 6.54 Å². The number of guanidine groups is 1. The first kappa shape index (κ1) is 31.6. The van der Waals surface area contributed by atoms with Gasteiger partial charge in [0, 0.05) is 13.1 Å². The maximum absolute atomic E-state index is 13.3. The zero-order chi connectivity index (χ0) is 28.0. The number of nitrogens with one attached hydrogen (secondary N) is 3. The minimum absolute atomic E-state index is 0.0893. The zero-order valence-electron chi connectivity index (χ0n) is 21.3. The van der Waals surface area contributed by atoms with E-state index < -0.39 is 53.8 Å². The number of carboxylic acids is 1. The summed E-state index contributed by atoms with van der Waals surface area (Å²) >= 11 is 0. The molecule has 37 heavy (non-hydrogen) atoms. The maximum atomic E-state index is 13.3. The quantitative estimate of drug-likeness (QED) is 0.0562. The van der Waals surface area contributed by atoms with Crippen LogP contribution in [0.2, 0.25) is 0 Å². The molecule has 0 spiro atoms. The van der Waals surface area contributed by atoms with Crippen LogP contribution in [0.15, 0.2) is 4.99 Å². The number of rotatable bonds is 16. The van der Waals surface area contributed by atoms with Crippen LogP contribution in [-0.2, 0) is 24.0 Å². The molecule has 0 unspecified atom stereocenters. The summed E-state index contributed by atoms with van der Waals surface area (Å²) in [5, 5.41) is 16.9. The van der Waals surface area contributed by atoms with Crippen molar-refractivity contribution in [1.82, 2.24) is 20.9 Å². The molecule has 0 bridgehead atoms. The zero-order valence-corrected chi connectivity index (χ0v) is 21.3. The highest BCUT2D eigenvalue weighted by molar-refractivity contribution is 5.95. The van der Waals surface area contributed by atoms with Crippen LogP contribution in [0.1, 0.15) is 51.9 Å². The fourth-order valence-electron chi connectivity index (χ4n) is 3.94. The van der Waals surface area contributed by atoms with E-state index in [1.54, 1.807) is 0 Å². The molecule has 15 heteroatoms. The number of hydrogen-bond donors (Lipinski definition) is 8. The second-order valence-electron chi connectivity index (χ2n) is 8.88. The van der Waals surface area contributed by atoms with Crippen LogP contribution in [0.3, 0.4) is 0 Å². The van der Waals surface area contributed by atoms with E-state index in [0.29, 0.717) is 45.2 Å². The third kappa shape index (κ3) is 11.0. The van der Waals surface area contributed by atoms with Gasteiger partial charge in [-0.2, -0.15) is 0 Å². The number of nitrogens with zero attached hydrogens (tertiary/aromatic N) is 2. The molecule has 1 saturated heterocycles. The molecule has 1 aliphatic rings. The number of hydrogen-bond acceptors (Lipinski definition) is 8. The van der Waals surface area contributed by atoms with Crippen LogP contribution in [0.4, 0.5) is 0 Å². The van der Waals surface area contributed by atoms with Crippen LogP contribution in [0.5, 0.6) is 0 Å². The fraction of sp³-hybridized carbons (Fsp3) is 0.727. The highest BCUT2D eigenvalue weighted by Gasteiger charge is 2.38. The van der Waals surface area contributed by atoms with Crippen LogP contribution >= 0.6 is 0 Å². The monoisotopic (exact) mass is 527 g/mol. The summed E-state index contributed by atoms with van der Waals surface area (Å²) < 4.78 is 0. The van der Waals surface area contributed by atoms with Crippen molar-refractivity contribution < 1.29 is 29.1 Å². The summed E-state index contributed by atoms with van der Waals surface area (Å²) in [4.78, 5) is 67.3. The first-order valence-electron chi connectivity index (χ1n) is 12.4. The van der Waals surface area contributed by atoms with Crippen molar-refractivity contribution in [2.45, 2.75) is 76.0 Å². The lowest BCUT2D eigenvalue weighted by molar-refractivity contribution is -0.143. The molecule has 210 valence electrons. The lowest BCUT2D eigenvalue weighted by Crippen LogP contribution is -2.57. The molecule has 0 saturated carbocycles. The van der Waals surface area contributed by atoms with E-state index >= 15 is 0 Å². The van der Waals surface area contributed by atoms with Crippen LogP contribution in [0.25, 0.3) is 0 Å². The number of amides is 4. The van der Waals surface area contributed by atoms with E-state index in [9.17, 15) is 29.1 Å². The van der Waals surface area contributed by atoms with E-state index in [1.165, 1.54) is 11.8 Å². The Morgan fingerprint density at radius 2 is 1.68 bits per heavy atom. The van der Waals surface area contributed by atoms with Crippen LogP contribution < -0.4 is 38.9 Å². The van der Waals surface area contributed by atoms with Gasteiger partial charge in [0.25, 0.3) is 0 Å². The number of nitrogens with two attached hydrogens (primary N) is 4. The van der Waals surface area contributed by atoms with Crippen molar-refractivity contribution in [3.8, 4) is 0 Å². The van der Waals surface area contributed by atoms with Gasteiger partial charge in [-0.15, -0.1) is 0 Å². The van der Waals surface area contributed by atoms with Crippen molar-refractivity contribution >= 4 is 35.6 Å². The lowest BCUT2D eigenvalue weighted by Gasteiger charge is -2.29. The van der Waals surface area contributed by atoms with Crippen molar-refractivity contribution in [3.05, 3.63) is 0 Å². The molecule has 4 amide bonds. The Hall–Kier alpha value is -3.46. The molecular formula is C22H41N9O6. The maximum Gasteiger partial charge on any atom is 0.326 e. The summed E-state index contributed by atoms with van der Waals surface area (Å²) in [6.07, 6.45) is 2.91. The average molecular weight is 528 g/mol. The van der Waals surface area contributed by atoms with Crippen LogP contribution in [-0.4, -0.2) is 95.9 Å². The molecule has 1 heterocycles. The SMILES string of the molecule is C[C@H](NC(=O)[C@@H]1CCCN1C(=O)[C@H](CCCN=C(N)N)NC(=O)CN)C(=O)N[C@@H](CCCCN)C(=O)O. The Balaban J connectivity index is 2.81. The molecule has 0 radical (unpaired) electrons. The van der Waals surface area contributed by atoms with Gasteiger partial charge < -0.3 is 48.9 Å². The van der Waals surface area contributed by atoms with E-state index in [2.05, 4.69) is 20.9 Å². The van der Waals surface area contributed by atoms with Gasteiger partial charge in [0.15, 0.2) is 5.96 Å². The second-order valence-corrected chi connectivity index (χ2v) is 8.88. The fourth-order valence-corrected chi connectivity index (χ4v) is 3.94. The van der Waals surface area contributed by atoms with Gasteiger partial charge in [-0.25, -0.2) is 4.79 Å². The summed E-state index contributed by atoms with van der Waals surface area (Å²) in [6, 6.07) is -3.91. The largest absolute Gasteiger partial charge is 0.480 e. The number of likely N-dealkylation sites (tertiary alicyclic amines) is 1. The molecule has 1 rings (SSSR count). The minimum atomic E-state index is -1.18. The number of unbranched alkanes of at least 4 members (excludes halogenated alkanes) is 1. The van der Waals surface area contributed by atoms with Gasteiger partial charge in [-0.3, -0.25) is 24.2 Å². The minimum Gasteiger partial charge on any atom is -0.480 e. The first-order valence-corrected chi connectivity index (χ1v) is 12.4. The van der Waals surface area contributed by atoms with Crippen molar-refractivity contribution in [1.29, 1.82) is 0 Å². The molecule has 12 N–H and O–H groups in total. The number of carbonyl (C=O) groups excluding carboxylic acids is 4. The molecule has 1 aliphatic heterocycles. The topological polar surface area (TPSA) is 261 Å². The van der Waals surface area contributed by atoms with E-state index in [4.69, 9.17) is 22.9 Å². The molecule has 0 aromatic rings. The molecule has 4 atom stereocenters. The van der Waals surface area contributed by atoms with E-state index in [-0.39, 0.29) is 31.9 Å². The standard InChI is InChI=1S/C22H41N9O6/c1-13(18(33)30-15(21(36)37)6-2-3-9-23)28-19(34)16-8-5-11-31(16)20(35)14(29-17(32)12-24)7-4-10-27-22(25)26/h13-16H,2-12,23-24H2,1H3,(H,28,34)(H,29,32)(H,30,33)(H,36,37)(H4,25,26,27)/t13-,14-,15-,16-/m0/s1. The van der Waals surface area contributed by atoms with Gasteiger partial charge in [-0.05, 0) is 58.4 Å². The molecule has 1 fully saturated rings. The van der Waals surface area contributed by atoms with Gasteiger partial charge in [0.1, 0.15) is 24.2 Å². The Morgan fingerprint density at radius 3 is 2.27 bits per heavy atom. The third-order valence-corrected chi connectivity index (χ3v) is 5.92. The lowest BCUT2D eigenvalue weighted by atomic mass is 10.1. The Kier molecular flexibility index (Phi) is 13.9. The predicted molar refractivity (Wildman–Crippen MR) is 136 cm³/mol.